The minimum Gasteiger partial charge on any atom is -0.477 e. The molecule has 2 atom stereocenters. The van der Waals surface area contributed by atoms with Crippen LogP contribution in [0.4, 0.5) is 0 Å². The molecule has 0 heterocycles. The molecule has 0 bridgehead atoms. The molecule has 0 fully saturated rings. The van der Waals surface area contributed by atoms with E-state index in [1.54, 1.807) is 0 Å². The van der Waals surface area contributed by atoms with Crippen LogP contribution in [0, 0.1) is 0 Å². The van der Waals surface area contributed by atoms with E-state index in [2.05, 4.69) is 111 Å². The van der Waals surface area contributed by atoms with E-state index in [-0.39, 0.29) is 36.2 Å². The Labute approximate surface area is 392 Å². The number of rotatable bonds is 44. The molecule has 0 aromatic heterocycles. The lowest BCUT2D eigenvalue weighted by molar-refractivity contribution is -0.887. The predicted octanol–water partition coefficient (Wildman–Crippen LogP) is 14.6. The fraction of sp³-hybridized carbons (Fsp3) is 0.661. The maximum atomic E-state index is 12.8. The summed E-state index contributed by atoms with van der Waals surface area (Å²) in [5.74, 6) is -1.52. The Hall–Kier alpha value is -3.75. The highest BCUT2D eigenvalue weighted by atomic mass is 16.6. The summed E-state index contributed by atoms with van der Waals surface area (Å²) in [5.41, 5.74) is 0. The van der Waals surface area contributed by atoms with E-state index in [4.69, 9.17) is 14.2 Å². The summed E-state index contributed by atoms with van der Waals surface area (Å²) in [6, 6.07) is -0.627. The zero-order valence-corrected chi connectivity index (χ0v) is 41.4. The molecular formula is C56H94NO7+. The van der Waals surface area contributed by atoms with Crippen molar-refractivity contribution in [2.75, 3.05) is 41.0 Å². The van der Waals surface area contributed by atoms with Crippen molar-refractivity contribution in [1.82, 2.24) is 0 Å². The molecule has 0 amide bonds. The van der Waals surface area contributed by atoms with Crippen LogP contribution in [-0.4, -0.2) is 80.6 Å². The number of hydrogen-bond acceptors (Lipinski definition) is 6. The average Bonchev–Trinajstić information content (AvgIpc) is 3.26. The first-order valence-electron chi connectivity index (χ1n) is 25.3. The highest BCUT2D eigenvalue weighted by Crippen LogP contribution is 2.13. The number of hydrogen-bond donors (Lipinski definition) is 1. The fourth-order valence-electron chi connectivity index (χ4n) is 6.83. The Kier molecular flexibility index (Phi) is 43.1. The number of esters is 2. The molecule has 0 aliphatic carbocycles. The number of allylic oxidation sites excluding steroid dienone is 16. The molecule has 364 valence electrons. The van der Waals surface area contributed by atoms with E-state index >= 15 is 0 Å². The van der Waals surface area contributed by atoms with Crippen molar-refractivity contribution >= 4 is 17.9 Å². The monoisotopic (exact) mass is 893 g/mol. The lowest BCUT2D eigenvalue weighted by Crippen LogP contribution is -2.50. The summed E-state index contributed by atoms with van der Waals surface area (Å²) in [4.78, 5) is 37.2. The van der Waals surface area contributed by atoms with Gasteiger partial charge in [-0.1, -0.05) is 169 Å². The van der Waals surface area contributed by atoms with Crippen molar-refractivity contribution in [2.24, 2.45) is 0 Å². The number of nitrogens with zero attached hydrogens (tertiary/aromatic N) is 1. The number of quaternary nitrogens is 1. The quantitative estimate of drug-likeness (QED) is 0.0281. The number of unbranched alkanes of at least 4 members (excludes halogenated alkanes) is 14. The molecule has 8 nitrogen and oxygen atoms in total. The number of ether oxygens (including phenoxy) is 3. The van der Waals surface area contributed by atoms with Crippen LogP contribution in [0.5, 0.6) is 0 Å². The molecule has 0 aliphatic rings. The Bertz CT molecular complexity index is 1360. The standard InChI is InChI=1S/C56H93NO7/c1-6-8-10-12-14-16-18-20-22-24-26-27-29-31-33-35-37-39-41-43-45-47-55(59)64-52(50-62-49-48-53(56(60)61)57(3,4)5)51-63-54(58)46-44-42-40-38-36-34-32-30-28-25-23-21-19-17-15-13-11-9-7-2/h9,11,14-17,20-23,26-28,30-31,33,52-53H,6-8,10,12-13,18-19,24-25,29,32,34-51H2,1-5H3/p+1/b11-9+,16-14+,17-15+,22-20+,23-21+,27-26+,30-28+,33-31+. The molecule has 0 saturated heterocycles. The molecule has 0 aliphatic heterocycles. The second-order valence-corrected chi connectivity index (χ2v) is 17.7. The van der Waals surface area contributed by atoms with Crippen molar-refractivity contribution in [3.05, 3.63) is 97.2 Å². The number of carboxylic acid groups (broad SMARTS) is 1. The molecular weight excluding hydrogens is 799 g/mol. The number of carbonyl (C=O) groups is 3. The first-order chi connectivity index (χ1) is 31.1. The maximum Gasteiger partial charge on any atom is 0.362 e. The molecule has 0 aromatic carbocycles. The van der Waals surface area contributed by atoms with Crippen LogP contribution < -0.4 is 0 Å². The Morgan fingerprint density at radius 1 is 0.484 bits per heavy atom. The molecule has 64 heavy (non-hydrogen) atoms. The third-order valence-electron chi connectivity index (χ3n) is 10.7. The zero-order chi connectivity index (χ0) is 47.0. The summed E-state index contributed by atoms with van der Waals surface area (Å²) >= 11 is 0. The third-order valence-corrected chi connectivity index (χ3v) is 10.7. The highest BCUT2D eigenvalue weighted by Gasteiger charge is 2.31. The second-order valence-electron chi connectivity index (χ2n) is 17.7. The molecule has 0 spiro atoms. The summed E-state index contributed by atoms with van der Waals surface area (Å²) in [6.07, 6.45) is 61.6. The van der Waals surface area contributed by atoms with Crippen molar-refractivity contribution in [3.8, 4) is 0 Å². The van der Waals surface area contributed by atoms with Gasteiger partial charge in [-0.25, -0.2) is 4.79 Å². The van der Waals surface area contributed by atoms with Gasteiger partial charge in [0.25, 0.3) is 0 Å². The molecule has 0 saturated carbocycles. The smallest absolute Gasteiger partial charge is 0.362 e. The first kappa shape index (κ1) is 60.2. The van der Waals surface area contributed by atoms with E-state index in [9.17, 15) is 19.5 Å². The molecule has 0 rings (SSSR count). The van der Waals surface area contributed by atoms with E-state index < -0.39 is 18.1 Å². The SMILES string of the molecule is CC/C=C/C/C=C/C/C=C/C/C=C/CCCCCCCCC(=O)OCC(COCCC(C(=O)O)[N+](C)(C)C)OC(=O)CCCCCCC/C=C/C/C=C/C/C=C/C/C=C/CCCCC. The zero-order valence-electron chi connectivity index (χ0n) is 41.4. The van der Waals surface area contributed by atoms with Gasteiger partial charge in [-0.15, -0.1) is 0 Å². The van der Waals surface area contributed by atoms with Crippen LogP contribution in [0.15, 0.2) is 97.2 Å². The van der Waals surface area contributed by atoms with Crippen LogP contribution in [-0.2, 0) is 28.6 Å². The average molecular weight is 893 g/mol. The maximum absolute atomic E-state index is 12.8. The van der Waals surface area contributed by atoms with Crippen LogP contribution in [0.3, 0.4) is 0 Å². The summed E-state index contributed by atoms with van der Waals surface area (Å²) in [5, 5.41) is 9.65. The van der Waals surface area contributed by atoms with Gasteiger partial charge >= 0.3 is 17.9 Å². The lowest BCUT2D eigenvalue weighted by Gasteiger charge is -2.31. The van der Waals surface area contributed by atoms with Crippen molar-refractivity contribution in [3.63, 3.8) is 0 Å². The predicted molar refractivity (Wildman–Crippen MR) is 270 cm³/mol. The van der Waals surface area contributed by atoms with Gasteiger partial charge in [-0.3, -0.25) is 9.59 Å². The van der Waals surface area contributed by atoms with Crippen molar-refractivity contribution in [2.45, 2.75) is 199 Å². The van der Waals surface area contributed by atoms with E-state index in [0.29, 0.717) is 19.3 Å². The van der Waals surface area contributed by atoms with Gasteiger partial charge in [0.1, 0.15) is 6.61 Å². The van der Waals surface area contributed by atoms with Gasteiger partial charge in [0.05, 0.1) is 34.4 Å². The van der Waals surface area contributed by atoms with Crippen LogP contribution in [0.25, 0.3) is 0 Å². The number of carboxylic acids is 1. The largest absolute Gasteiger partial charge is 0.477 e. The van der Waals surface area contributed by atoms with E-state index in [0.717, 1.165) is 116 Å². The number of likely N-dealkylation sites (N-methyl/N-ethyl adjacent to an activating group) is 1. The van der Waals surface area contributed by atoms with Crippen molar-refractivity contribution < 1.29 is 38.2 Å². The Morgan fingerprint density at radius 2 is 0.875 bits per heavy atom. The fourth-order valence-corrected chi connectivity index (χ4v) is 6.83. The molecule has 0 radical (unpaired) electrons. The number of carbonyl (C=O) groups excluding carboxylic acids is 2. The topological polar surface area (TPSA) is 99.1 Å². The van der Waals surface area contributed by atoms with Crippen molar-refractivity contribution in [1.29, 1.82) is 0 Å². The van der Waals surface area contributed by atoms with Gasteiger partial charge in [0.15, 0.2) is 12.1 Å². The van der Waals surface area contributed by atoms with Crippen LogP contribution >= 0.6 is 0 Å². The van der Waals surface area contributed by atoms with Crippen LogP contribution in [0.1, 0.15) is 187 Å². The minimum atomic E-state index is -0.884. The summed E-state index contributed by atoms with van der Waals surface area (Å²) in [7, 11) is 5.51. The summed E-state index contributed by atoms with van der Waals surface area (Å²) < 4.78 is 17.3. The number of aliphatic carboxylic acids is 1. The lowest BCUT2D eigenvalue weighted by atomic mass is 10.1. The Morgan fingerprint density at radius 3 is 1.30 bits per heavy atom. The minimum absolute atomic E-state index is 0.0426. The first-order valence-corrected chi connectivity index (χ1v) is 25.3. The van der Waals surface area contributed by atoms with Crippen LogP contribution in [0.2, 0.25) is 0 Å². The highest BCUT2D eigenvalue weighted by molar-refractivity contribution is 5.72. The van der Waals surface area contributed by atoms with E-state index in [1.807, 2.05) is 21.1 Å². The molecule has 8 heteroatoms. The van der Waals surface area contributed by atoms with Gasteiger partial charge < -0.3 is 23.8 Å². The Balaban J connectivity index is 4.36. The second kappa shape index (κ2) is 45.8. The van der Waals surface area contributed by atoms with Gasteiger partial charge in [0, 0.05) is 19.3 Å². The molecule has 2 unspecified atom stereocenters. The van der Waals surface area contributed by atoms with E-state index in [1.165, 1.54) is 38.5 Å². The normalized spacial score (nSPS) is 13.7. The van der Waals surface area contributed by atoms with Gasteiger partial charge in [-0.2, -0.15) is 0 Å². The third kappa shape index (κ3) is 43.5. The molecule has 1 N–H and O–H groups in total. The van der Waals surface area contributed by atoms with Gasteiger partial charge in [-0.05, 0) is 96.3 Å². The summed E-state index contributed by atoms with van der Waals surface area (Å²) in [6.45, 7) is 4.55. The molecule has 0 aromatic rings. The van der Waals surface area contributed by atoms with Gasteiger partial charge in [0.2, 0.25) is 0 Å².